The molecule has 0 aromatic heterocycles. The average molecular weight is 516 g/mol. The molecule has 1 aliphatic heterocycles. The van der Waals surface area contributed by atoms with Crippen LogP contribution in [0.25, 0.3) is 0 Å². The second-order valence-corrected chi connectivity index (χ2v) is 9.88. The van der Waals surface area contributed by atoms with Crippen LogP contribution in [0.15, 0.2) is 53.4 Å². The minimum absolute atomic E-state index is 0. The van der Waals surface area contributed by atoms with Crippen molar-refractivity contribution in [1.82, 2.24) is 4.90 Å². The molecule has 4 nitrogen and oxygen atoms in total. The van der Waals surface area contributed by atoms with Gasteiger partial charge in [0, 0.05) is 43.8 Å². The first-order valence-electron chi connectivity index (χ1n) is 11.4. The van der Waals surface area contributed by atoms with Crippen LogP contribution >= 0.6 is 36.6 Å². The van der Waals surface area contributed by atoms with Crippen molar-refractivity contribution >= 4 is 42.3 Å². The minimum Gasteiger partial charge on any atom is -0.491 e. The number of benzene rings is 2. The lowest BCUT2D eigenvalue weighted by Gasteiger charge is -2.39. The maximum atomic E-state index is 11.1. The summed E-state index contributed by atoms with van der Waals surface area (Å²) in [5.41, 5.74) is 2.00. The molecule has 0 radical (unpaired) electrons. The van der Waals surface area contributed by atoms with Gasteiger partial charge in [0.25, 0.3) is 0 Å². The zero-order valence-corrected chi connectivity index (χ0v) is 22.8. The van der Waals surface area contributed by atoms with Crippen LogP contribution < -0.4 is 9.64 Å². The fourth-order valence-electron chi connectivity index (χ4n) is 4.08. The van der Waals surface area contributed by atoms with Crippen molar-refractivity contribution in [2.24, 2.45) is 0 Å². The molecule has 0 unspecified atom stereocenters. The third kappa shape index (κ3) is 9.58. The first kappa shape index (κ1) is 29.9. The predicted molar refractivity (Wildman–Crippen MR) is 147 cm³/mol. The van der Waals surface area contributed by atoms with Crippen molar-refractivity contribution in [1.29, 1.82) is 0 Å². The summed E-state index contributed by atoms with van der Waals surface area (Å²) in [5.74, 6) is 0.901. The summed E-state index contributed by atoms with van der Waals surface area (Å²) in [5, 5.41) is 11.1. The lowest BCUT2D eigenvalue weighted by Crippen LogP contribution is -2.46. The highest BCUT2D eigenvalue weighted by molar-refractivity contribution is 7.98. The molecule has 1 fully saturated rings. The first-order valence-corrected chi connectivity index (χ1v) is 12.6. The second kappa shape index (κ2) is 14.3. The molecule has 186 valence electrons. The number of likely N-dealkylation sites (tertiary alicyclic amines) is 1. The summed E-state index contributed by atoms with van der Waals surface area (Å²) in [4.78, 5) is 6.03. The summed E-state index contributed by atoms with van der Waals surface area (Å²) in [6.07, 6.45) is 5.88. The zero-order valence-electron chi connectivity index (χ0n) is 20.3. The number of hydrogen-bond donors (Lipinski definition) is 1. The van der Waals surface area contributed by atoms with Gasteiger partial charge in [-0.2, -0.15) is 0 Å². The van der Waals surface area contributed by atoms with Crippen molar-refractivity contribution in [3.05, 3.63) is 54.1 Å². The van der Waals surface area contributed by atoms with Crippen molar-refractivity contribution in [2.45, 2.75) is 56.1 Å². The van der Waals surface area contributed by atoms with E-state index in [1.54, 1.807) is 11.8 Å². The van der Waals surface area contributed by atoms with Gasteiger partial charge in [-0.05, 0) is 87.7 Å². The highest BCUT2D eigenvalue weighted by Crippen LogP contribution is 2.27. The van der Waals surface area contributed by atoms with E-state index in [4.69, 9.17) is 4.74 Å². The van der Waals surface area contributed by atoms with E-state index in [0.29, 0.717) is 0 Å². The zero-order chi connectivity index (χ0) is 22.3. The monoisotopic (exact) mass is 514 g/mol. The van der Waals surface area contributed by atoms with Gasteiger partial charge in [0.1, 0.15) is 5.75 Å². The Kier molecular flexibility index (Phi) is 13.0. The molecule has 0 saturated carbocycles. The van der Waals surface area contributed by atoms with Gasteiger partial charge in [0.2, 0.25) is 0 Å². The number of aliphatic hydroxyl groups is 1. The van der Waals surface area contributed by atoms with Crippen LogP contribution in [0.3, 0.4) is 0 Å². The molecular formula is C26H40Cl2N2O2S. The maximum Gasteiger partial charge on any atom is 0.119 e. The number of nitrogens with zero attached hydrogens (tertiary/aromatic N) is 2. The van der Waals surface area contributed by atoms with Crippen molar-refractivity contribution in [3.63, 3.8) is 0 Å². The fourth-order valence-corrected chi connectivity index (χ4v) is 4.49. The molecule has 1 heterocycles. The Labute approximate surface area is 216 Å². The van der Waals surface area contributed by atoms with Crippen LogP contribution in [0.5, 0.6) is 5.75 Å². The standard InChI is InChI=1S/C26H38N2O2S.2ClH/c1-21(2)30-24-9-7-23(8-10-24)27(3)18-14-26(29)15-19-28(20-16-26)17-13-22-5-11-25(31-4)12-6-22;;/h5-12,21,29H,13-20H2,1-4H3;2*1H. The Morgan fingerprint density at radius 3 is 2.18 bits per heavy atom. The van der Waals surface area contributed by atoms with E-state index in [2.05, 4.69) is 59.5 Å². The molecule has 1 saturated heterocycles. The third-order valence-corrected chi connectivity index (χ3v) is 6.97. The number of halogens is 2. The molecule has 0 amide bonds. The van der Waals surface area contributed by atoms with E-state index in [-0.39, 0.29) is 30.9 Å². The number of thioether (sulfide) groups is 1. The van der Waals surface area contributed by atoms with Crippen molar-refractivity contribution in [3.8, 4) is 5.75 Å². The number of anilines is 1. The minimum atomic E-state index is -0.550. The van der Waals surface area contributed by atoms with Crippen LogP contribution in [-0.2, 0) is 6.42 Å². The normalized spacial score (nSPS) is 15.5. The Hall–Kier alpha value is -1.11. The van der Waals surface area contributed by atoms with Gasteiger partial charge in [-0.3, -0.25) is 0 Å². The summed E-state index contributed by atoms with van der Waals surface area (Å²) in [6.45, 7) is 7.95. The van der Waals surface area contributed by atoms with E-state index in [1.807, 2.05) is 26.0 Å². The molecule has 1 aliphatic rings. The first-order chi connectivity index (χ1) is 14.9. The highest BCUT2D eigenvalue weighted by atomic mass is 35.5. The van der Waals surface area contributed by atoms with Gasteiger partial charge >= 0.3 is 0 Å². The molecular weight excluding hydrogens is 475 g/mol. The van der Waals surface area contributed by atoms with Gasteiger partial charge < -0.3 is 19.6 Å². The third-order valence-electron chi connectivity index (χ3n) is 6.22. The number of rotatable bonds is 10. The van der Waals surface area contributed by atoms with Gasteiger partial charge in [-0.25, -0.2) is 0 Å². The Morgan fingerprint density at radius 1 is 1.03 bits per heavy atom. The Morgan fingerprint density at radius 2 is 1.64 bits per heavy atom. The lowest BCUT2D eigenvalue weighted by atomic mass is 9.88. The van der Waals surface area contributed by atoms with E-state index in [1.165, 1.54) is 10.5 Å². The van der Waals surface area contributed by atoms with Crippen LogP contribution in [0.2, 0.25) is 0 Å². The largest absolute Gasteiger partial charge is 0.491 e. The lowest BCUT2D eigenvalue weighted by molar-refractivity contribution is -0.0254. The maximum absolute atomic E-state index is 11.1. The van der Waals surface area contributed by atoms with E-state index < -0.39 is 5.60 Å². The summed E-state index contributed by atoms with van der Waals surface area (Å²) >= 11 is 1.78. The molecule has 0 atom stereocenters. The molecule has 0 spiro atoms. The number of ether oxygens (including phenoxy) is 1. The van der Waals surface area contributed by atoms with Crippen LogP contribution in [0, 0.1) is 0 Å². The topological polar surface area (TPSA) is 35.9 Å². The fraction of sp³-hybridized carbons (Fsp3) is 0.538. The molecule has 7 heteroatoms. The van der Waals surface area contributed by atoms with Gasteiger partial charge in [0.05, 0.1) is 11.7 Å². The Bertz CT molecular complexity index is 795. The summed E-state index contributed by atoms with van der Waals surface area (Å²) in [6, 6.07) is 17.1. The second-order valence-electron chi connectivity index (χ2n) is 9.00. The van der Waals surface area contributed by atoms with Crippen LogP contribution in [-0.4, -0.2) is 61.2 Å². The number of piperidine rings is 1. The van der Waals surface area contributed by atoms with Crippen LogP contribution in [0.4, 0.5) is 5.69 Å². The molecule has 0 bridgehead atoms. The Balaban J connectivity index is 0.00000272. The van der Waals surface area contributed by atoms with E-state index >= 15 is 0 Å². The van der Waals surface area contributed by atoms with Crippen molar-refractivity contribution < 1.29 is 9.84 Å². The quantitative estimate of drug-likeness (QED) is 0.397. The summed E-state index contributed by atoms with van der Waals surface area (Å²) < 4.78 is 5.72. The molecule has 1 N–H and O–H groups in total. The number of hydrogen-bond acceptors (Lipinski definition) is 5. The van der Waals surface area contributed by atoms with Gasteiger partial charge in [-0.15, -0.1) is 36.6 Å². The van der Waals surface area contributed by atoms with E-state index in [9.17, 15) is 5.11 Å². The van der Waals surface area contributed by atoms with Crippen molar-refractivity contribution in [2.75, 3.05) is 44.4 Å². The predicted octanol–water partition coefficient (Wildman–Crippen LogP) is 5.94. The SMILES string of the molecule is CSc1ccc(CCN2CCC(O)(CCN(C)c3ccc(OC(C)C)cc3)CC2)cc1.Cl.Cl. The molecule has 3 rings (SSSR count). The molecule has 2 aromatic carbocycles. The average Bonchev–Trinajstić information content (AvgIpc) is 2.78. The van der Waals surface area contributed by atoms with Gasteiger partial charge in [-0.1, -0.05) is 12.1 Å². The van der Waals surface area contributed by atoms with Crippen LogP contribution in [0.1, 0.15) is 38.7 Å². The summed E-state index contributed by atoms with van der Waals surface area (Å²) in [7, 11) is 2.10. The van der Waals surface area contributed by atoms with Gasteiger partial charge in [0.15, 0.2) is 0 Å². The molecule has 0 aliphatic carbocycles. The van der Waals surface area contributed by atoms with E-state index in [0.717, 1.165) is 63.3 Å². The molecule has 33 heavy (non-hydrogen) atoms. The molecule has 2 aromatic rings. The highest BCUT2D eigenvalue weighted by Gasteiger charge is 2.32. The smallest absolute Gasteiger partial charge is 0.119 e.